The molecule has 1 aromatic heterocycles. The van der Waals surface area contributed by atoms with Crippen molar-refractivity contribution in [1.82, 2.24) is 4.98 Å². The van der Waals surface area contributed by atoms with Crippen molar-refractivity contribution in [3.05, 3.63) is 42.6 Å². The Balaban J connectivity index is 2.59. The molecule has 2 rings (SSSR count). The molecule has 0 radical (unpaired) electrons. The zero-order valence-corrected chi connectivity index (χ0v) is 9.04. The number of fused-ring (bicyclic) bond motifs is 1. The van der Waals surface area contributed by atoms with Gasteiger partial charge in [0, 0.05) is 24.3 Å². The number of nitrogens with zero attached hydrogens (tertiary/aromatic N) is 1. The highest BCUT2D eigenvalue weighted by Gasteiger charge is 1.99. The van der Waals surface area contributed by atoms with Crippen LogP contribution < -0.4 is 5.32 Å². The van der Waals surface area contributed by atoms with E-state index in [1.54, 1.807) is 0 Å². The normalized spacial score (nSPS) is 10.3. The van der Waals surface area contributed by atoms with E-state index in [9.17, 15) is 0 Å². The predicted octanol–water partition coefficient (Wildman–Crippen LogP) is 3.31. The summed E-state index contributed by atoms with van der Waals surface area (Å²) in [6, 6.07) is 8.27. The maximum absolute atomic E-state index is 4.41. The summed E-state index contributed by atoms with van der Waals surface area (Å²) >= 11 is 0. The molecule has 0 bridgehead atoms. The Morgan fingerprint density at radius 3 is 2.80 bits per heavy atom. The number of nitrogens with one attached hydrogen (secondary N) is 1. The lowest BCUT2D eigenvalue weighted by Crippen LogP contribution is -1.89. The Bertz CT molecular complexity index is 515. The highest BCUT2D eigenvalue weighted by molar-refractivity contribution is 5.84. The molecule has 1 aromatic carbocycles. The maximum Gasteiger partial charge on any atom is 0.0722 e. The van der Waals surface area contributed by atoms with Gasteiger partial charge in [-0.15, -0.1) is 0 Å². The number of anilines is 1. The summed E-state index contributed by atoms with van der Waals surface area (Å²) in [6.07, 6.45) is 1.87. The monoisotopic (exact) mass is 198 g/mol. The molecular weight excluding hydrogens is 184 g/mol. The molecule has 2 nitrogen and oxygen atoms in total. The number of pyridine rings is 1. The fourth-order valence-electron chi connectivity index (χ4n) is 1.51. The summed E-state index contributed by atoms with van der Waals surface area (Å²) in [5.74, 6) is 0. The first kappa shape index (κ1) is 9.71. The van der Waals surface area contributed by atoms with Crippen LogP contribution in [0.4, 0.5) is 5.69 Å². The number of rotatable bonds is 2. The van der Waals surface area contributed by atoms with E-state index < -0.39 is 0 Å². The zero-order valence-electron chi connectivity index (χ0n) is 9.04. The van der Waals surface area contributed by atoms with Crippen LogP contribution in [0.1, 0.15) is 12.5 Å². The van der Waals surface area contributed by atoms with Crippen molar-refractivity contribution in [3.63, 3.8) is 0 Å². The number of benzene rings is 1. The molecule has 2 heteroatoms. The van der Waals surface area contributed by atoms with Gasteiger partial charge in [0.05, 0.1) is 5.52 Å². The van der Waals surface area contributed by atoms with Crippen molar-refractivity contribution in [1.29, 1.82) is 0 Å². The highest BCUT2D eigenvalue weighted by atomic mass is 14.8. The fourth-order valence-corrected chi connectivity index (χ4v) is 1.51. The molecular formula is C13H14N2. The lowest BCUT2D eigenvalue weighted by molar-refractivity contribution is 1.38. The second-order valence-electron chi connectivity index (χ2n) is 3.66. The summed E-state index contributed by atoms with van der Waals surface area (Å²) < 4.78 is 0. The van der Waals surface area contributed by atoms with E-state index in [0.717, 1.165) is 27.7 Å². The topological polar surface area (TPSA) is 24.9 Å². The molecule has 15 heavy (non-hydrogen) atoms. The van der Waals surface area contributed by atoms with Crippen molar-refractivity contribution in [2.75, 3.05) is 12.4 Å². The van der Waals surface area contributed by atoms with Crippen LogP contribution in [0.5, 0.6) is 0 Å². The molecule has 1 heterocycles. The third-order valence-electron chi connectivity index (χ3n) is 2.47. The van der Waals surface area contributed by atoms with Gasteiger partial charge in [0.25, 0.3) is 0 Å². The summed E-state index contributed by atoms with van der Waals surface area (Å²) in [4.78, 5) is 4.41. The molecule has 2 aromatic rings. The standard InChI is InChI=1S/C13H14N2/c1-9(2)11-6-10-4-5-12(14-3)7-13(10)15-8-11/h4-8,14H,1H2,2-3H3. The van der Waals surface area contributed by atoms with E-state index >= 15 is 0 Å². The molecule has 0 atom stereocenters. The molecule has 0 saturated heterocycles. The third kappa shape index (κ3) is 1.84. The van der Waals surface area contributed by atoms with Gasteiger partial charge in [0.15, 0.2) is 0 Å². The first-order valence-electron chi connectivity index (χ1n) is 4.94. The SMILES string of the molecule is C=C(C)c1cnc2cc(NC)ccc2c1. The third-order valence-corrected chi connectivity index (χ3v) is 2.47. The Kier molecular flexibility index (Phi) is 2.42. The van der Waals surface area contributed by atoms with E-state index in [1.165, 1.54) is 0 Å². The lowest BCUT2D eigenvalue weighted by Gasteiger charge is -2.04. The number of hydrogen-bond donors (Lipinski definition) is 1. The largest absolute Gasteiger partial charge is 0.388 e. The molecule has 0 saturated carbocycles. The molecule has 0 spiro atoms. The van der Waals surface area contributed by atoms with Gasteiger partial charge in [-0.25, -0.2) is 0 Å². The minimum absolute atomic E-state index is 1.01. The lowest BCUT2D eigenvalue weighted by atomic mass is 10.1. The van der Waals surface area contributed by atoms with Crippen LogP contribution in [0.3, 0.4) is 0 Å². The van der Waals surface area contributed by atoms with Crippen LogP contribution in [0.15, 0.2) is 37.0 Å². The minimum atomic E-state index is 1.01. The first-order valence-corrected chi connectivity index (χ1v) is 4.94. The van der Waals surface area contributed by atoms with E-state index in [-0.39, 0.29) is 0 Å². The zero-order chi connectivity index (χ0) is 10.8. The predicted molar refractivity (Wildman–Crippen MR) is 66.0 cm³/mol. The van der Waals surface area contributed by atoms with Crippen LogP contribution >= 0.6 is 0 Å². The van der Waals surface area contributed by atoms with Crippen LogP contribution in [0.25, 0.3) is 16.5 Å². The van der Waals surface area contributed by atoms with Gasteiger partial charge in [-0.05, 0) is 36.3 Å². The molecule has 0 fully saturated rings. The highest BCUT2D eigenvalue weighted by Crippen LogP contribution is 2.20. The van der Waals surface area contributed by atoms with Crippen molar-refractivity contribution in [3.8, 4) is 0 Å². The smallest absolute Gasteiger partial charge is 0.0722 e. The molecule has 0 unspecified atom stereocenters. The molecule has 0 amide bonds. The summed E-state index contributed by atoms with van der Waals surface area (Å²) in [5.41, 5.74) is 4.23. The first-order chi connectivity index (χ1) is 7.20. The average molecular weight is 198 g/mol. The van der Waals surface area contributed by atoms with Crippen LogP contribution in [0, 0.1) is 0 Å². The van der Waals surface area contributed by atoms with E-state index in [1.807, 2.05) is 32.3 Å². The number of hydrogen-bond acceptors (Lipinski definition) is 2. The van der Waals surface area contributed by atoms with Gasteiger partial charge in [0.2, 0.25) is 0 Å². The Morgan fingerprint density at radius 1 is 1.33 bits per heavy atom. The van der Waals surface area contributed by atoms with Crippen molar-refractivity contribution >= 4 is 22.2 Å². The molecule has 0 aliphatic carbocycles. The Labute approximate surface area is 89.7 Å². The molecule has 0 aliphatic heterocycles. The Hall–Kier alpha value is -1.83. The van der Waals surface area contributed by atoms with Crippen LogP contribution in [-0.2, 0) is 0 Å². The van der Waals surface area contributed by atoms with Gasteiger partial charge < -0.3 is 5.32 Å². The fraction of sp³-hybridized carbons (Fsp3) is 0.154. The maximum atomic E-state index is 4.41. The van der Waals surface area contributed by atoms with Gasteiger partial charge in [-0.1, -0.05) is 12.6 Å². The van der Waals surface area contributed by atoms with E-state index in [4.69, 9.17) is 0 Å². The number of allylic oxidation sites excluding steroid dienone is 1. The quantitative estimate of drug-likeness (QED) is 0.800. The van der Waals surface area contributed by atoms with Crippen molar-refractivity contribution in [2.24, 2.45) is 0 Å². The minimum Gasteiger partial charge on any atom is -0.388 e. The van der Waals surface area contributed by atoms with Gasteiger partial charge >= 0.3 is 0 Å². The summed E-state index contributed by atoms with van der Waals surface area (Å²) in [5, 5.41) is 4.25. The molecule has 1 N–H and O–H groups in total. The van der Waals surface area contributed by atoms with Crippen molar-refractivity contribution in [2.45, 2.75) is 6.92 Å². The summed E-state index contributed by atoms with van der Waals surface area (Å²) in [7, 11) is 1.91. The second kappa shape index (κ2) is 3.73. The van der Waals surface area contributed by atoms with E-state index in [0.29, 0.717) is 0 Å². The van der Waals surface area contributed by atoms with Gasteiger partial charge in [0.1, 0.15) is 0 Å². The van der Waals surface area contributed by atoms with Gasteiger partial charge in [-0.3, -0.25) is 4.98 Å². The van der Waals surface area contributed by atoms with E-state index in [2.05, 4.69) is 29.0 Å². The van der Waals surface area contributed by atoms with Crippen LogP contribution in [0.2, 0.25) is 0 Å². The molecule has 76 valence electrons. The molecule has 0 aliphatic rings. The average Bonchev–Trinajstić information content (AvgIpc) is 2.27. The van der Waals surface area contributed by atoms with Crippen LogP contribution in [-0.4, -0.2) is 12.0 Å². The van der Waals surface area contributed by atoms with Crippen molar-refractivity contribution < 1.29 is 0 Å². The number of aromatic nitrogens is 1. The second-order valence-corrected chi connectivity index (χ2v) is 3.66. The summed E-state index contributed by atoms with van der Waals surface area (Å²) in [6.45, 7) is 5.90. The van der Waals surface area contributed by atoms with Gasteiger partial charge in [-0.2, -0.15) is 0 Å². The Morgan fingerprint density at radius 2 is 2.13 bits per heavy atom.